The summed E-state index contributed by atoms with van der Waals surface area (Å²) in [6, 6.07) is 17.4. The van der Waals surface area contributed by atoms with Crippen molar-refractivity contribution in [1.82, 2.24) is 4.98 Å². The highest BCUT2D eigenvalue weighted by Crippen LogP contribution is 2.44. The molecule has 1 amide bonds. The van der Waals surface area contributed by atoms with E-state index in [1.807, 2.05) is 49.4 Å². The van der Waals surface area contributed by atoms with E-state index in [-0.39, 0.29) is 11.3 Å². The van der Waals surface area contributed by atoms with Crippen LogP contribution in [0.2, 0.25) is 0 Å². The molecule has 0 radical (unpaired) electrons. The van der Waals surface area contributed by atoms with Crippen LogP contribution in [0.25, 0.3) is 16.7 Å². The zero-order valence-electron chi connectivity index (χ0n) is 17.0. The SMILES string of the molecule is Cc1ccc(C2/C(=C(/O)c3c[nH]c4ccccc34)C(=O)C(=O)N2c2ccccc2C)o1. The summed E-state index contributed by atoms with van der Waals surface area (Å²) in [6.45, 7) is 3.67. The van der Waals surface area contributed by atoms with Gasteiger partial charge in [-0.15, -0.1) is 0 Å². The van der Waals surface area contributed by atoms with Crippen LogP contribution >= 0.6 is 0 Å². The number of aliphatic hydroxyl groups excluding tert-OH is 1. The van der Waals surface area contributed by atoms with E-state index in [1.165, 1.54) is 4.90 Å². The molecule has 4 aromatic rings. The molecular weight excluding hydrogens is 392 g/mol. The number of hydrogen-bond acceptors (Lipinski definition) is 4. The highest BCUT2D eigenvalue weighted by Gasteiger charge is 2.48. The predicted octanol–water partition coefficient (Wildman–Crippen LogP) is 5.00. The highest BCUT2D eigenvalue weighted by atomic mass is 16.3. The van der Waals surface area contributed by atoms with Crippen molar-refractivity contribution in [2.45, 2.75) is 19.9 Å². The minimum atomic E-state index is -0.872. The van der Waals surface area contributed by atoms with Gasteiger partial charge in [0.15, 0.2) is 0 Å². The molecular formula is C25H20N2O4. The Labute approximate surface area is 178 Å². The van der Waals surface area contributed by atoms with Crippen LogP contribution in [0.15, 0.2) is 76.9 Å². The Balaban J connectivity index is 1.77. The third kappa shape index (κ3) is 2.87. The molecule has 5 rings (SSSR count). The van der Waals surface area contributed by atoms with Crippen LogP contribution in [0.4, 0.5) is 5.69 Å². The van der Waals surface area contributed by atoms with Crippen LogP contribution in [0.5, 0.6) is 0 Å². The van der Waals surface area contributed by atoms with Crippen molar-refractivity contribution in [1.29, 1.82) is 0 Å². The van der Waals surface area contributed by atoms with E-state index in [9.17, 15) is 14.7 Å². The Kier molecular flexibility index (Phi) is 4.29. The molecule has 0 saturated carbocycles. The number of carbonyl (C=O) groups is 2. The quantitative estimate of drug-likeness (QED) is 0.282. The first-order valence-corrected chi connectivity index (χ1v) is 9.97. The van der Waals surface area contributed by atoms with Crippen LogP contribution in [-0.4, -0.2) is 21.8 Å². The van der Waals surface area contributed by atoms with Crippen molar-refractivity contribution in [3.63, 3.8) is 0 Å². The number of anilines is 1. The molecule has 0 spiro atoms. The first-order chi connectivity index (χ1) is 15.0. The van der Waals surface area contributed by atoms with Gasteiger partial charge in [-0.05, 0) is 43.7 Å². The van der Waals surface area contributed by atoms with Gasteiger partial charge in [0.25, 0.3) is 11.7 Å². The molecule has 2 aromatic carbocycles. The van der Waals surface area contributed by atoms with Crippen LogP contribution < -0.4 is 4.90 Å². The third-order valence-corrected chi connectivity index (χ3v) is 5.69. The van der Waals surface area contributed by atoms with Crippen LogP contribution in [0, 0.1) is 13.8 Å². The van der Waals surface area contributed by atoms with E-state index in [0.29, 0.717) is 22.8 Å². The minimum absolute atomic E-state index is 0.00681. The highest BCUT2D eigenvalue weighted by molar-refractivity contribution is 6.51. The number of nitrogens with zero attached hydrogens (tertiary/aromatic N) is 1. The number of para-hydroxylation sites is 2. The standard InChI is InChI=1S/C25H20N2O4/c1-14-7-3-6-10-19(14)27-22(20-12-11-15(2)31-20)21(24(29)25(27)30)23(28)17-13-26-18-9-5-4-8-16(17)18/h3-13,22,26,28H,1-2H3/b23-21-. The van der Waals surface area contributed by atoms with Crippen LogP contribution in [0.1, 0.15) is 28.7 Å². The predicted molar refractivity (Wildman–Crippen MR) is 118 cm³/mol. The second-order valence-electron chi connectivity index (χ2n) is 7.65. The molecule has 2 N–H and O–H groups in total. The summed E-state index contributed by atoms with van der Waals surface area (Å²) < 4.78 is 5.84. The van der Waals surface area contributed by atoms with Gasteiger partial charge in [-0.3, -0.25) is 14.5 Å². The lowest BCUT2D eigenvalue weighted by Crippen LogP contribution is -2.29. The summed E-state index contributed by atoms with van der Waals surface area (Å²) in [5, 5.41) is 12.0. The largest absolute Gasteiger partial charge is 0.507 e. The first-order valence-electron chi connectivity index (χ1n) is 9.97. The number of furan rings is 1. The molecule has 0 bridgehead atoms. The number of nitrogens with one attached hydrogen (secondary N) is 1. The van der Waals surface area contributed by atoms with Crippen molar-refractivity contribution >= 4 is 34.0 Å². The van der Waals surface area contributed by atoms with Crippen molar-refractivity contribution < 1.29 is 19.1 Å². The second kappa shape index (κ2) is 7.02. The number of fused-ring (bicyclic) bond motifs is 1. The zero-order chi connectivity index (χ0) is 21.7. The Hall–Kier alpha value is -4.06. The van der Waals surface area contributed by atoms with Gasteiger partial charge in [-0.25, -0.2) is 0 Å². The van der Waals surface area contributed by atoms with Gasteiger partial charge < -0.3 is 14.5 Å². The van der Waals surface area contributed by atoms with Gasteiger partial charge in [-0.2, -0.15) is 0 Å². The van der Waals surface area contributed by atoms with Crippen LogP contribution in [0.3, 0.4) is 0 Å². The fourth-order valence-electron chi connectivity index (χ4n) is 4.20. The Morgan fingerprint density at radius 2 is 1.74 bits per heavy atom. The molecule has 1 aliphatic heterocycles. The molecule has 1 aliphatic rings. The summed E-state index contributed by atoms with van der Waals surface area (Å²) in [5.74, 6) is -0.607. The lowest BCUT2D eigenvalue weighted by Gasteiger charge is -2.24. The number of aromatic nitrogens is 1. The van der Waals surface area contributed by atoms with E-state index in [1.54, 1.807) is 31.3 Å². The molecule has 3 heterocycles. The molecule has 1 unspecified atom stereocenters. The molecule has 0 aliphatic carbocycles. The molecule has 6 nitrogen and oxygen atoms in total. The van der Waals surface area contributed by atoms with Gasteiger partial charge in [0, 0.05) is 28.4 Å². The topological polar surface area (TPSA) is 86.5 Å². The number of benzene rings is 2. The number of H-pyrrole nitrogens is 1. The maximum absolute atomic E-state index is 13.2. The summed E-state index contributed by atoms with van der Waals surface area (Å²) in [4.78, 5) is 30.9. The molecule has 31 heavy (non-hydrogen) atoms. The summed E-state index contributed by atoms with van der Waals surface area (Å²) in [6.07, 6.45) is 1.64. The van der Waals surface area contributed by atoms with Gasteiger partial charge in [0.2, 0.25) is 0 Å². The molecule has 1 saturated heterocycles. The van der Waals surface area contributed by atoms with E-state index in [2.05, 4.69) is 4.98 Å². The van der Waals surface area contributed by atoms with Gasteiger partial charge >= 0.3 is 0 Å². The molecule has 1 fully saturated rings. The van der Waals surface area contributed by atoms with Crippen molar-refractivity contribution in [3.8, 4) is 0 Å². The van der Waals surface area contributed by atoms with E-state index < -0.39 is 17.7 Å². The van der Waals surface area contributed by atoms with Gasteiger partial charge in [0.1, 0.15) is 23.3 Å². The molecule has 1 atom stereocenters. The number of rotatable bonds is 3. The maximum Gasteiger partial charge on any atom is 0.300 e. The maximum atomic E-state index is 13.2. The Bertz CT molecular complexity index is 1370. The number of carbonyl (C=O) groups excluding carboxylic acids is 2. The average molecular weight is 412 g/mol. The third-order valence-electron chi connectivity index (χ3n) is 5.69. The summed E-state index contributed by atoms with van der Waals surface area (Å²) in [7, 11) is 0. The van der Waals surface area contributed by atoms with Crippen molar-refractivity contribution in [2.24, 2.45) is 0 Å². The molecule has 154 valence electrons. The number of aryl methyl sites for hydroxylation is 2. The smallest absolute Gasteiger partial charge is 0.300 e. The Morgan fingerprint density at radius 3 is 2.48 bits per heavy atom. The zero-order valence-corrected chi connectivity index (χ0v) is 17.0. The van der Waals surface area contributed by atoms with E-state index >= 15 is 0 Å². The number of hydrogen-bond donors (Lipinski definition) is 2. The first kappa shape index (κ1) is 18.9. The Morgan fingerprint density at radius 1 is 1.00 bits per heavy atom. The molecule has 6 heteroatoms. The molecule has 2 aromatic heterocycles. The second-order valence-corrected chi connectivity index (χ2v) is 7.65. The van der Waals surface area contributed by atoms with E-state index in [4.69, 9.17) is 4.42 Å². The number of ketones is 1. The number of Topliss-reactive ketones (excluding diaryl/α,β-unsaturated/α-hetero) is 1. The van der Waals surface area contributed by atoms with Crippen LogP contribution in [-0.2, 0) is 9.59 Å². The van der Waals surface area contributed by atoms with Crippen molar-refractivity contribution in [2.75, 3.05) is 4.90 Å². The summed E-state index contributed by atoms with van der Waals surface area (Å²) in [5.41, 5.74) is 2.73. The van der Waals surface area contributed by atoms with Gasteiger partial charge in [0.05, 0.1) is 5.57 Å². The lowest BCUT2D eigenvalue weighted by atomic mass is 9.98. The average Bonchev–Trinajstić information content (AvgIpc) is 3.45. The normalized spacial score (nSPS) is 18.3. The van der Waals surface area contributed by atoms with Gasteiger partial charge in [-0.1, -0.05) is 36.4 Å². The summed E-state index contributed by atoms with van der Waals surface area (Å²) >= 11 is 0. The lowest BCUT2D eigenvalue weighted by molar-refractivity contribution is -0.132. The number of aromatic amines is 1. The fraction of sp³-hybridized carbons (Fsp3) is 0.120. The number of amides is 1. The monoisotopic (exact) mass is 412 g/mol. The number of aliphatic hydroxyl groups is 1. The fourth-order valence-corrected chi connectivity index (χ4v) is 4.20. The van der Waals surface area contributed by atoms with E-state index in [0.717, 1.165) is 16.5 Å². The van der Waals surface area contributed by atoms with Crippen molar-refractivity contribution in [3.05, 3.63) is 95.1 Å². The minimum Gasteiger partial charge on any atom is -0.507 e.